The Balaban J connectivity index is 1.57. The molecule has 2 aromatic rings. The van der Waals surface area contributed by atoms with Gasteiger partial charge in [-0.05, 0) is 37.6 Å². The first-order chi connectivity index (χ1) is 12.6. The van der Waals surface area contributed by atoms with Gasteiger partial charge in [-0.3, -0.25) is 14.3 Å². The fourth-order valence-corrected chi connectivity index (χ4v) is 3.00. The van der Waals surface area contributed by atoms with Crippen LogP contribution in [0.2, 0.25) is 0 Å². The molecule has 26 heavy (non-hydrogen) atoms. The molecule has 0 radical (unpaired) electrons. The maximum absolute atomic E-state index is 12.5. The van der Waals surface area contributed by atoms with Crippen molar-refractivity contribution in [1.29, 1.82) is 0 Å². The standard InChI is InChI=1S/C19H25N5O2/c1-20-17(15-11-22-24(2)12-15)19(26)21-10-13-5-3-8-16(9-13)23-18(25)14-6-4-7-14/h3,5,8-9,11-12,14,17,20H,4,6-7,10H2,1-2H3,(H,21,26)(H,23,25). The number of rotatable bonds is 7. The number of anilines is 1. The molecule has 1 fully saturated rings. The van der Waals surface area contributed by atoms with Crippen LogP contribution in [0.3, 0.4) is 0 Å². The predicted octanol–water partition coefficient (Wildman–Crippen LogP) is 1.74. The predicted molar refractivity (Wildman–Crippen MR) is 99.3 cm³/mol. The molecule has 1 atom stereocenters. The number of carbonyl (C=O) groups is 2. The number of aromatic nitrogens is 2. The first kappa shape index (κ1) is 18.1. The number of benzene rings is 1. The fraction of sp³-hybridized carbons (Fsp3) is 0.421. The van der Waals surface area contributed by atoms with Gasteiger partial charge in [0.05, 0.1) is 6.20 Å². The van der Waals surface area contributed by atoms with E-state index in [9.17, 15) is 9.59 Å². The zero-order valence-corrected chi connectivity index (χ0v) is 15.2. The minimum absolute atomic E-state index is 0.0873. The van der Waals surface area contributed by atoms with Crippen molar-refractivity contribution >= 4 is 17.5 Å². The Morgan fingerprint density at radius 2 is 2.15 bits per heavy atom. The molecule has 0 saturated heterocycles. The van der Waals surface area contributed by atoms with Crippen molar-refractivity contribution in [2.75, 3.05) is 12.4 Å². The van der Waals surface area contributed by atoms with Crippen molar-refractivity contribution in [2.24, 2.45) is 13.0 Å². The van der Waals surface area contributed by atoms with Crippen molar-refractivity contribution in [2.45, 2.75) is 31.8 Å². The highest BCUT2D eigenvalue weighted by Gasteiger charge is 2.25. The molecule has 0 aliphatic heterocycles. The van der Waals surface area contributed by atoms with E-state index < -0.39 is 6.04 Å². The molecule has 3 N–H and O–H groups in total. The van der Waals surface area contributed by atoms with Crippen LogP contribution in [0, 0.1) is 5.92 Å². The van der Waals surface area contributed by atoms with Gasteiger partial charge in [0.15, 0.2) is 0 Å². The van der Waals surface area contributed by atoms with Crippen LogP contribution < -0.4 is 16.0 Å². The summed E-state index contributed by atoms with van der Waals surface area (Å²) in [6.45, 7) is 0.393. The molecule has 3 rings (SSSR count). The minimum Gasteiger partial charge on any atom is -0.350 e. The third-order valence-electron chi connectivity index (χ3n) is 4.75. The second-order valence-corrected chi connectivity index (χ2v) is 6.70. The second kappa shape index (κ2) is 8.14. The summed E-state index contributed by atoms with van der Waals surface area (Å²) in [6.07, 6.45) is 6.57. The van der Waals surface area contributed by atoms with E-state index in [0.717, 1.165) is 36.1 Å². The van der Waals surface area contributed by atoms with E-state index in [0.29, 0.717) is 6.54 Å². The minimum atomic E-state index is -0.454. The summed E-state index contributed by atoms with van der Waals surface area (Å²) in [6, 6.07) is 7.13. The largest absolute Gasteiger partial charge is 0.350 e. The molecular formula is C19H25N5O2. The van der Waals surface area contributed by atoms with Crippen molar-refractivity contribution in [3.05, 3.63) is 47.8 Å². The summed E-state index contributed by atoms with van der Waals surface area (Å²) < 4.78 is 1.67. The number of likely N-dealkylation sites (N-methyl/N-ethyl adjacent to an activating group) is 1. The summed E-state index contributed by atoms with van der Waals surface area (Å²) >= 11 is 0. The zero-order chi connectivity index (χ0) is 18.5. The van der Waals surface area contributed by atoms with E-state index in [4.69, 9.17) is 0 Å². The third-order valence-corrected chi connectivity index (χ3v) is 4.75. The molecule has 1 aromatic carbocycles. The van der Waals surface area contributed by atoms with Gasteiger partial charge in [0.25, 0.3) is 0 Å². The second-order valence-electron chi connectivity index (χ2n) is 6.70. The molecule has 0 bridgehead atoms. The van der Waals surface area contributed by atoms with Crippen LogP contribution in [0.4, 0.5) is 5.69 Å². The Bertz CT molecular complexity index is 782. The Labute approximate surface area is 153 Å². The number of aryl methyl sites for hydroxylation is 1. The Kier molecular flexibility index (Phi) is 5.68. The van der Waals surface area contributed by atoms with Gasteiger partial charge in [0.2, 0.25) is 11.8 Å². The number of carbonyl (C=O) groups excluding carboxylic acids is 2. The number of nitrogens with zero attached hydrogens (tertiary/aromatic N) is 2. The monoisotopic (exact) mass is 355 g/mol. The molecule has 1 unspecified atom stereocenters. The average molecular weight is 355 g/mol. The number of hydrogen-bond acceptors (Lipinski definition) is 4. The van der Waals surface area contributed by atoms with E-state index in [1.54, 1.807) is 17.9 Å². The highest BCUT2D eigenvalue weighted by atomic mass is 16.2. The SMILES string of the molecule is CNC(C(=O)NCc1cccc(NC(=O)C2CCC2)c1)c1cnn(C)c1. The summed E-state index contributed by atoms with van der Waals surface area (Å²) in [7, 11) is 3.56. The number of hydrogen-bond donors (Lipinski definition) is 3. The zero-order valence-electron chi connectivity index (χ0n) is 15.2. The summed E-state index contributed by atoms with van der Waals surface area (Å²) in [5.41, 5.74) is 2.52. The lowest BCUT2D eigenvalue weighted by molar-refractivity contribution is -0.123. The average Bonchev–Trinajstić information content (AvgIpc) is 2.98. The molecule has 7 nitrogen and oxygen atoms in total. The molecular weight excluding hydrogens is 330 g/mol. The van der Waals surface area contributed by atoms with Crippen LogP contribution in [-0.4, -0.2) is 28.6 Å². The quantitative estimate of drug-likeness (QED) is 0.706. The summed E-state index contributed by atoms with van der Waals surface area (Å²) in [5.74, 6) is 0.114. The van der Waals surface area contributed by atoms with E-state index in [-0.39, 0.29) is 17.7 Å². The molecule has 138 valence electrons. The van der Waals surface area contributed by atoms with Crippen molar-refractivity contribution in [3.63, 3.8) is 0 Å². The molecule has 0 spiro atoms. The van der Waals surface area contributed by atoms with Crippen LogP contribution in [0.15, 0.2) is 36.7 Å². The van der Waals surface area contributed by atoms with Gasteiger partial charge in [0.1, 0.15) is 6.04 Å². The van der Waals surface area contributed by atoms with E-state index in [2.05, 4.69) is 21.0 Å². The smallest absolute Gasteiger partial charge is 0.242 e. The molecule has 1 aliphatic carbocycles. The molecule has 1 heterocycles. The third kappa shape index (κ3) is 4.29. The fourth-order valence-electron chi connectivity index (χ4n) is 3.00. The van der Waals surface area contributed by atoms with Gasteiger partial charge in [-0.1, -0.05) is 18.6 Å². The Morgan fingerprint density at radius 3 is 2.77 bits per heavy atom. The number of amides is 2. The lowest BCUT2D eigenvalue weighted by Crippen LogP contribution is -2.35. The molecule has 1 aliphatic rings. The topological polar surface area (TPSA) is 88.1 Å². The van der Waals surface area contributed by atoms with Crippen LogP contribution in [0.1, 0.15) is 36.4 Å². The highest BCUT2D eigenvalue weighted by molar-refractivity contribution is 5.93. The first-order valence-corrected chi connectivity index (χ1v) is 8.90. The van der Waals surface area contributed by atoms with Crippen LogP contribution in [-0.2, 0) is 23.2 Å². The van der Waals surface area contributed by atoms with Gasteiger partial charge in [-0.25, -0.2) is 0 Å². The highest BCUT2D eigenvalue weighted by Crippen LogP contribution is 2.27. The lowest BCUT2D eigenvalue weighted by atomic mass is 9.85. The van der Waals surface area contributed by atoms with Crippen molar-refractivity contribution in [3.8, 4) is 0 Å². The van der Waals surface area contributed by atoms with Crippen LogP contribution in [0.25, 0.3) is 0 Å². The number of nitrogens with one attached hydrogen (secondary N) is 3. The molecule has 1 saturated carbocycles. The molecule has 2 amide bonds. The van der Waals surface area contributed by atoms with Crippen LogP contribution >= 0.6 is 0 Å². The Morgan fingerprint density at radius 1 is 1.35 bits per heavy atom. The summed E-state index contributed by atoms with van der Waals surface area (Å²) in [4.78, 5) is 24.5. The summed E-state index contributed by atoms with van der Waals surface area (Å²) in [5, 5.41) is 13.0. The first-order valence-electron chi connectivity index (χ1n) is 8.90. The van der Waals surface area contributed by atoms with E-state index in [1.165, 1.54) is 0 Å². The van der Waals surface area contributed by atoms with Gasteiger partial charge < -0.3 is 16.0 Å². The van der Waals surface area contributed by atoms with Gasteiger partial charge in [0, 0.05) is 37.0 Å². The molecule has 1 aromatic heterocycles. The van der Waals surface area contributed by atoms with Crippen LogP contribution in [0.5, 0.6) is 0 Å². The normalized spacial score (nSPS) is 15.2. The van der Waals surface area contributed by atoms with Crippen molar-refractivity contribution in [1.82, 2.24) is 20.4 Å². The van der Waals surface area contributed by atoms with E-state index >= 15 is 0 Å². The molecule has 7 heteroatoms. The van der Waals surface area contributed by atoms with Crippen molar-refractivity contribution < 1.29 is 9.59 Å². The van der Waals surface area contributed by atoms with Gasteiger partial charge in [-0.2, -0.15) is 5.10 Å². The van der Waals surface area contributed by atoms with Gasteiger partial charge in [-0.15, -0.1) is 0 Å². The maximum Gasteiger partial charge on any atom is 0.242 e. The lowest BCUT2D eigenvalue weighted by Gasteiger charge is -2.24. The maximum atomic E-state index is 12.5. The van der Waals surface area contributed by atoms with E-state index in [1.807, 2.05) is 37.5 Å². The Hall–Kier alpha value is -2.67. The van der Waals surface area contributed by atoms with Gasteiger partial charge >= 0.3 is 0 Å².